The number of nitrogens with zero attached hydrogens (tertiary/aromatic N) is 4. The Hall–Kier alpha value is -4.38. The third kappa shape index (κ3) is 5.25. The third-order valence-corrected chi connectivity index (χ3v) is 6.23. The van der Waals surface area contributed by atoms with Gasteiger partial charge >= 0.3 is 6.09 Å². The van der Waals surface area contributed by atoms with Crippen LogP contribution in [0.1, 0.15) is 34.9 Å². The average Bonchev–Trinajstić information content (AvgIpc) is 3.66. The van der Waals surface area contributed by atoms with Crippen LogP contribution in [0, 0.1) is 0 Å². The summed E-state index contributed by atoms with van der Waals surface area (Å²) in [4.78, 5) is 42.3. The minimum Gasteiger partial charge on any atom is -0.389 e. The Morgan fingerprint density at radius 1 is 1.03 bits per heavy atom. The van der Waals surface area contributed by atoms with Gasteiger partial charge in [0.1, 0.15) is 22.0 Å². The van der Waals surface area contributed by atoms with Crippen LogP contribution in [0.15, 0.2) is 61.2 Å². The van der Waals surface area contributed by atoms with Gasteiger partial charge in [0.15, 0.2) is 5.69 Å². The molecule has 0 atom stereocenters. The van der Waals surface area contributed by atoms with Gasteiger partial charge in [-0.05, 0) is 25.0 Å². The topological polar surface area (TPSA) is 131 Å². The highest BCUT2D eigenvalue weighted by molar-refractivity contribution is 7.19. The number of carbonyl (C=O) groups excluding carboxylic acids is 2. The molecule has 35 heavy (non-hydrogen) atoms. The lowest BCUT2D eigenvalue weighted by Crippen LogP contribution is -2.23. The van der Waals surface area contributed by atoms with Gasteiger partial charge in [-0.25, -0.2) is 24.7 Å². The molecule has 0 aliphatic heterocycles. The molecule has 1 saturated carbocycles. The number of rotatable bonds is 7. The number of ether oxygens (including phenoxy) is 1. The van der Waals surface area contributed by atoms with E-state index in [0.717, 1.165) is 24.1 Å². The zero-order chi connectivity index (χ0) is 24.2. The van der Waals surface area contributed by atoms with Gasteiger partial charge in [0.25, 0.3) is 5.91 Å². The first-order valence-corrected chi connectivity index (χ1v) is 11.7. The molecule has 3 N–H and O–H groups in total. The van der Waals surface area contributed by atoms with Crippen LogP contribution < -0.4 is 20.7 Å². The van der Waals surface area contributed by atoms with Gasteiger partial charge in [-0.2, -0.15) is 0 Å². The van der Waals surface area contributed by atoms with Gasteiger partial charge in [0.05, 0.1) is 18.1 Å². The Labute approximate surface area is 204 Å². The summed E-state index contributed by atoms with van der Waals surface area (Å²) in [6, 6.07) is 13.1. The molecule has 4 aromatic rings. The van der Waals surface area contributed by atoms with Crippen LogP contribution in [0.25, 0.3) is 10.6 Å². The van der Waals surface area contributed by atoms with Gasteiger partial charge in [-0.15, -0.1) is 0 Å². The molecule has 0 bridgehead atoms. The molecule has 1 aliphatic rings. The molecule has 5 rings (SSSR count). The van der Waals surface area contributed by atoms with Crippen molar-refractivity contribution in [2.24, 2.45) is 0 Å². The molecular weight excluding hydrogens is 466 g/mol. The largest absolute Gasteiger partial charge is 0.419 e. The average molecular weight is 488 g/mol. The summed E-state index contributed by atoms with van der Waals surface area (Å²) in [5.41, 5.74) is 2.90. The fourth-order valence-corrected chi connectivity index (χ4v) is 4.29. The molecule has 2 amide bonds. The fraction of sp³-hybridized carbons (Fsp3) is 0.167. The standard InChI is InChI=1S/C24H21N7O3S/c1-25-20(32)19-23(35-22(30-19)15-5-3-2-4-6-15)31-24(33)34-21-18(28-16-11-26-13-27-12-16)10-9-17(29-21)14-7-8-14/h2-6,9-14,28H,7-8H2,1H3,(H,25,32)(H,31,33). The number of amides is 2. The van der Waals surface area contributed by atoms with E-state index in [2.05, 4.69) is 35.9 Å². The van der Waals surface area contributed by atoms with E-state index in [1.807, 2.05) is 42.5 Å². The van der Waals surface area contributed by atoms with Crippen molar-refractivity contribution in [1.82, 2.24) is 25.3 Å². The lowest BCUT2D eigenvalue weighted by atomic mass is 10.2. The summed E-state index contributed by atoms with van der Waals surface area (Å²) in [6.45, 7) is 0. The lowest BCUT2D eigenvalue weighted by Gasteiger charge is -2.12. The van der Waals surface area contributed by atoms with Crippen LogP contribution in [0.5, 0.6) is 5.88 Å². The maximum atomic E-state index is 12.9. The smallest absolute Gasteiger partial charge is 0.389 e. The Morgan fingerprint density at radius 3 is 2.51 bits per heavy atom. The summed E-state index contributed by atoms with van der Waals surface area (Å²) in [5, 5.41) is 9.21. The number of hydrogen-bond acceptors (Lipinski definition) is 9. The summed E-state index contributed by atoms with van der Waals surface area (Å²) >= 11 is 1.18. The molecule has 3 aromatic heterocycles. The molecule has 176 valence electrons. The number of benzene rings is 1. The molecule has 0 radical (unpaired) electrons. The maximum absolute atomic E-state index is 12.9. The Kier molecular flexibility index (Phi) is 6.31. The Bertz CT molecular complexity index is 1360. The minimum atomic E-state index is -0.786. The number of hydrogen-bond donors (Lipinski definition) is 3. The predicted molar refractivity (Wildman–Crippen MR) is 132 cm³/mol. The van der Waals surface area contributed by atoms with E-state index in [4.69, 9.17) is 4.74 Å². The Balaban J connectivity index is 1.40. The van der Waals surface area contributed by atoms with E-state index < -0.39 is 12.0 Å². The predicted octanol–water partition coefficient (Wildman–Crippen LogP) is 4.59. The molecule has 10 nitrogen and oxygen atoms in total. The van der Waals surface area contributed by atoms with Crippen LogP contribution in [-0.4, -0.2) is 39.0 Å². The number of nitrogens with one attached hydrogen (secondary N) is 3. The molecule has 0 unspecified atom stereocenters. The quantitative estimate of drug-likeness (QED) is 0.345. The molecule has 1 fully saturated rings. The van der Waals surface area contributed by atoms with Crippen molar-refractivity contribution >= 4 is 39.7 Å². The first-order chi connectivity index (χ1) is 17.1. The van der Waals surface area contributed by atoms with E-state index in [9.17, 15) is 9.59 Å². The van der Waals surface area contributed by atoms with E-state index >= 15 is 0 Å². The van der Waals surface area contributed by atoms with Gasteiger partial charge in [0, 0.05) is 24.2 Å². The van der Waals surface area contributed by atoms with Crippen molar-refractivity contribution in [2.75, 3.05) is 17.7 Å². The number of pyridine rings is 1. The molecule has 0 saturated heterocycles. The maximum Gasteiger partial charge on any atom is 0.419 e. The number of anilines is 3. The van der Waals surface area contributed by atoms with Crippen molar-refractivity contribution in [3.63, 3.8) is 0 Å². The summed E-state index contributed by atoms with van der Waals surface area (Å²) in [7, 11) is 1.50. The van der Waals surface area contributed by atoms with Crippen LogP contribution in [-0.2, 0) is 0 Å². The lowest BCUT2D eigenvalue weighted by molar-refractivity contribution is 0.0960. The number of thiazole rings is 1. The van der Waals surface area contributed by atoms with E-state index in [1.54, 1.807) is 12.4 Å². The van der Waals surface area contributed by atoms with Crippen molar-refractivity contribution < 1.29 is 14.3 Å². The van der Waals surface area contributed by atoms with Gasteiger partial charge in [-0.3, -0.25) is 10.1 Å². The first kappa shape index (κ1) is 22.4. The SMILES string of the molecule is CNC(=O)c1nc(-c2ccccc2)sc1NC(=O)Oc1nc(C2CC2)ccc1Nc1cncnc1. The Morgan fingerprint density at radius 2 is 1.80 bits per heavy atom. The van der Waals surface area contributed by atoms with Crippen molar-refractivity contribution in [3.8, 4) is 16.5 Å². The second-order valence-electron chi connectivity index (χ2n) is 7.77. The first-order valence-electron chi connectivity index (χ1n) is 10.9. The summed E-state index contributed by atoms with van der Waals surface area (Å²) in [6.07, 6.45) is 5.94. The molecule has 0 spiro atoms. The monoisotopic (exact) mass is 487 g/mol. The summed E-state index contributed by atoms with van der Waals surface area (Å²) < 4.78 is 5.61. The molecule has 11 heteroatoms. The van der Waals surface area contributed by atoms with Crippen LogP contribution in [0.2, 0.25) is 0 Å². The highest BCUT2D eigenvalue weighted by Crippen LogP contribution is 2.41. The van der Waals surface area contributed by atoms with Gasteiger partial charge < -0.3 is 15.4 Å². The van der Waals surface area contributed by atoms with E-state index in [0.29, 0.717) is 22.3 Å². The summed E-state index contributed by atoms with van der Waals surface area (Å²) in [5.74, 6) is 0.0633. The fourth-order valence-electron chi connectivity index (χ4n) is 3.34. The third-order valence-electron chi connectivity index (χ3n) is 5.21. The molecule has 1 aliphatic carbocycles. The number of aromatic nitrogens is 4. The van der Waals surface area contributed by atoms with Gasteiger partial charge in [0.2, 0.25) is 5.88 Å². The molecule has 3 heterocycles. The molecular formula is C24H21N7O3S. The number of carbonyl (C=O) groups is 2. The van der Waals surface area contributed by atoms with Crippen LogP contribution >= 0.6 is 11.3 Å². The van der Waals surface area contributed by atoms with Crippen molar-refractivity contribution in [2.45, 2.75) is 18.8 Å². The second-order valence-corrected chi connectivity index (χ2v) is 8.77. The zero-order valence-electron chi connectivity index (χ0n) is 18.7. The van der Waals surface area contributed by atoms with Crippen LogP contribution in [0.4, 0.5) is 21.2 Å². The highest BCUT2D eigenvalue weighted by atomic mass is 32.1. The van der Waals surface area contributed by atoms with Crippen molar-refractivity contribution in [3.05, 3.63) is 72.6 Å². The molecule has 1 aromatic carbocycles. The second kappa shape index (κ2) is 9.85. The van der Waals surface area contributed by atoms with Crippen molar-refractivity contribution in [1.29, 1.82) is 0 Å². The minimum absolute atomic E-state index is 0.104. The van der Waals surface area contributed by atoms with Crippen LogP contribution in [0.3, 0.4) is 0 Å². The van der Waals surface area contributed by atoms with E-state index in [1.165, 1.54) is 24.7 Å². The highest BCUT2D eigenvalue weighted by Gasteiger charge is 2.27. The van der Waals surface area contributed by atoms with Gasteiger partial charge in [-0.1, -0.05) is 41.7 Å². The van der Waals surface area contributed by atoms with E-state index in [-0.39, 0.29) is 16.6 Å². The zero-order valence-corrected chi connectivity index (χ0v) is 19.5. The normalized spacial score (nSPS) is 12.6.